The summed E-state index contributed by atoms with van der Waals surface area (Å²) in [5.41, 5.74) is 4.17. The Morgan fingerprint density at radius 3 is 2.73 bits per heavy atom. The maximum absolute atomic E-state index is 11.8. The number of rotatable bonds is 6. The van der Waals surface area contributed by atoms with Crippen molar-refractivity contribution >= 4 is 29.5 Å². The second-order valence-electron chi connectivity index (χ2n) is 8.78. The number of hydrogen-bond acceptors (Lipinski definition) is 5. The number of esters is 1. The molecular formula is C27H34ClNO4. The van der Waals surface area contributed by atoms with Crippen LogP contribution in [0, 0.1) is 18.8 Å². The summed E-state index contributed by atoms with van der Waals surface area (Å²) in [5, 5.41) is 0.846. The number of ether oxygens (including phenoxy) is 2. The van der Waals surface area contributed by atoms with Gasteiger partial charge in [-0.1, -0.05) is 31.0 Å². The van der Waals surface area contributed by atoms with Gasteiger partial charge in [-0.25, -0.2) is 4.79 Å². The standard InChI is InChI=1S/C17H21NO4.C10H13Cl/c1-21-17(20)12-5-6-16-15(9-12)18(7-2-8-22-16)10-13-3-4-14(13)11-19;1-3-4-9-7-10(11)6-5-8(9)2/h5-6,9,11,13-14H,2-4,7-8,10H2,1H3;5-7H,3-4H2,1-2H3. The van der Waals surface area contributed by atoms with Crippen LogP contribution >= 0.6 is 11.6 Å². The van der Waals surface area contributed by atoms with Crippen molar-refractivity contribution in [1.82, 2.24) is 0 Å². The van der Waals surface area contributed by atoms with Crippen molar-refractivity contribution in [3.05, 3.63) is 58.1 Å². The van der Waals surface area contributed by atoms with Gasteiger partial charge in [0.05, 0.1) is 25.0 Å². The minimum atomic E-state index is -0.346. The van der Waals surface area contributed by atoms with Crippen LogP contribution in [0.1, 0.15) is 54.1 Å². The summed E-state index contributed by atoms with van der Waals surface area (Å²) in [4.78, 5) is 25.0. The van der Waals surface area contributed by atoms with Crippen molar-refractivity contribution in [2.24, 2.45) is 11.8 Å². The van der Waals surface area contributed by atoms with Crippen LogP contribution in [0.4, 0.5) is 5.69 Å². The first-order valence-corrected chi connectivity index (χ1v) is 12.1. The third kappa shape index (κ3) is 6.50. The Morgan fingerprint density at radius 2 is 2.06 bits per heavy atom. The molecule has 33 heavy (non-hydrogen) atoms. The first-order valence-electron chi connectivity index (χ1n) is 11.8. The highest BCUT2D eigenvalue weighted by molar-refractivity contribution is 6.30. The van der Waals surface area contributed by atoms with Gasteiger partial charge in [0.2, 0.25) is 0 Å². The molecule has 2 atom stereocenters. The molecule has 1 fully saturated rings. The van der Waals surface area contributed by atoms with E-state index in [1.807, 2.05) is 18.2 Å². The largest absolute Gasteiger partial charge is 0.491 e. The van der Waals surface area contributed by atoms with Crippen LogP contribution in [-0.4, -0.2) is 39.1 Å². The molecule has 6 heteroatoms. The monoisotopic (exact) mass is 471 g/mol. The minimum absolute atomic E-state index is 0.177. The number of hydrogen-bond donors (Lipinski definition) is 0. The third-order valence-electron chi connectivity index (χ3n) is 6.49. The lowest BCUT2D eigenvalue weighted by atomic mass is 9.74. The highest BCUT2D eigenvalue weighted by Gasteiger charge is 2.33. The van der Waals surface area contributed by atoms with E-state index in [1.165, 1.54) is 24.7 Å². The Kier molecular flexibility index (Phi) is 9.19. The van der Waals surface area contributed by atoms with Crippen LogP contribution in [0.2, 0.25) is 5.02 Å². The van der Waals surface area contributed by atoms with Gasteiger partial charge in [-0.3, -0.25) is 0 Å². The number of carbonyl (C=O) groups is 2. The number of anilines is 1. The van der Waals surface area contributed by atoms with Crippen LogP contribution in [0.25, 0.3) is 0 Å². The molecule has 2 unspecified atom stereocenters. The molecule has 0 bridgehead atoms. The second kappa shape index (κ2) is 12.1. The van der Waals surface area contributed by atoms with Crippen molar-refractivity contribution < 1.29 is 19.1 Å². The first kappa shape index (κ1) is 25.1. The quantitative estimate of drug-likeness (QED) is 0.388. The van der Waals surface area contributed by atoms with Crippen LogP contribution in [0.15, 0.2) is 36.4 Å². The number of halogens is 1. The summed E-state index contributed by atoms with van der Waals surface area (Å²) >= 11 is 5.85. The first-order chi connectivity index (χ1) is 16.0. The summed E-state index contributed by atoms with van der Waals surface area (Å²) in [6.45, 7) is 6.69. The van der Waals surface area contributed by atoms with Crippen molar-refractivity contribution in [2.45, 2.75) is 46.0 Å². The summed E-state index contributed by atoms with van der Waals surface area (Å²) in [5.74, 6) is 1.04. The molecule has 178 valence electrons. The number of nitrogens with zero attached hydrogens (tertiary/aromatic N) is 1. The second-order valence-corrected chi connectivity index (χ2v) is 9.22. The van der Waals surface area contributed by atoms with Crippen LogP contribution < -0.4 is 9.64 Å². The molecule has 2 aliphatic rings. The van der Waals surface area contributed by atoms with Gasteiger partial charge in [0, 0.05) is 24.0 Å². The fourth-order valence-electron chi connectivity index (χ4n) is 4.34. The van der Waals surface area contributed by atoms with E-state index in [0.29, 0.717) is 18.1 Å². The summed E-state index contributed by atoms with van der Waals surface area (Å²) in [6.07, 6.45) is 6.41. The molecule has 2 aromatic rings. The van der Waals surface area contributed by atoms with Crippen molar-refractivity contribution in [2.75, 3.05) is 31.7 Å². The Morgan fingerprint density at radius 1 is 1.24 bits per heavy atom. The Bertz CT molecular complexity index is 961. The highest BCUT2D eigenvalue weighted by atomic mass is 35.5. The predicted octanol–water partition coefficient (Wildman–Crippen LogP) is 5.89. The van der Waals surface area contributed by atoms with Gasteiger partial charge < -0.3 is 19.2 Å². The molecule has 0 amide bonds. The zero-order valence-corrected chi connectivity index (χ0v) is 20.6. The highest BCUT2D eigenvalue weighted by Crippen LogP contribution is 2.38. The molecule has 0 spiro atoms. The molecule has 4 rings (SSSR count). The van der Waals surface area contributed by atoms with E-state index >= 15 is 0 Å². The molecule has 0 N–H and O–H groups in total. The van der Waals surface area contributed by atoms with E-state index in [-0.39, 0.29) is 11.9 Å². The molecule has 1 saturated carbocycles. The number of methoxy groups -OCH3 is 1. The molecule has 0 saturated heterocycles. The SMILES string of the molecule is CCCc1cc(Cl)ccc1C.COC(=O)c1ccc2c(c1)N(CC1CCC1C=O)CCCO2. The van der Waals surface area contributed by atoms with E-state index < -0.39 is 0 Å². The topological polar surface area (TPSA) is 55.8 Å². The minimum Gasteiger partial charge on any atom is -0.491 e. The molecule has 2 aromatic carbocycles. The zero-order chi connectivity index (χ0) is 23.8. The summed E-state index contributed by atoms with van der Waals surface area (Å²) in [6, 6.07) is 11.5. The summed E-state index contributed by atoms with van der Waals surface area (Å²) < 4.78 is 10.6. The van der Waals surface area contributed by atoms with Crippen LogP contribution in [0.3, 0.4) is 0 Å². The molecule has 1 aliphatic heterocycles. The van der Waals surface area contributed by atoms with Gasteiger partial charge in [0.1, 0.15) is 12.0 Å². The van der Waals surface area contributed by atoms with E-state index in [0.717, 1.165) is 61.5 Å². The van der Waals surface area contributed by atoms with Crippen molar-refractivity contribution in [1.29, 1.82) is 0 Å². The fourth-order valence-corrected chi connectivity index (χ4v) is 4.54. The Hall–Kier alpha value is -2.53. The Labute approximate surface area is 202 Å². The molecule has 1 heterocycles. The van der Waals surface area contributed by atoms with E-state index in [1.54, 1.807) is 6.07 Å². The summed E-state index contributed by atoms with van der Waals surface area (Å²) in [7, 11) is 1.38. The number of aldehydes is 1. The number of benzene rings is 2. The van der Waals surface area contributed by atoms with Gasteiger partial charge in [0.25, 0.3) is 0 Å². The van der Waals surface area contributed by atoms with Crippen LogP contribution in [-0.2, 0) is 16.0 Å². The lowest BCUT2D eigenvalue weighted by molar-refractivity contribution is -0.115. The maximum atomic E-state index is 11.8. The van der Waals surface area contributed by atoms with Gasteiger partial charge in [-0.05, 0) is 80.0 Å². The maximum Gasteiger partial charge on any atom is 0.337 e. The average Bonchev–Trinajstić information content (AvgIpc) is 3.01. The van der Waals surface area contributed by atoms with Gasteiger partial charge in [-0.15, -0.1) is 0 Å². The average molecular weight is 472 g/mol. The molecule has 0 aromatic heterocycles. The zero-order valence-electron chi connectivity index (χ0n) is 19.8. The Balaban J connectivity index is 0.000000235. The predicted molar refractivity (Wildman–Crippen MR) is 133 cm³/mol. The fraction of sp³-hybridized carbons (Fsp3) is 0.481. The molecule has 0 radical (unpaired) electrons. The van der Waals surface area contributed by atoms with Gasteiger partial charge in [0.15, 0.2) is 0 Å². The van der Waals surface area contributed by atoms with Crippen molar-refractivity contribution in [3.8, 4) is 5.75 Å². The van der Waals surface area contributed by atoms with E-state index in [2.05, 4.69) is 30.9 Å². The number of fused-ring (bicyclic) bond motifs is 1. The van der Waals surface area contributed by atoms with Gasteiger partial charge in [-0.2, -0.15) is 0 Å². The third-order valence-corrected chi connectivity index (χ3v) is 6.72. The number of carbonyl (C=O) groups excluding carboxylic acids is 2. The lowest BCUT2D eigenvalue weighted by Gasteiger charge is -2.37. The normalized spacial score (nSPS) is 19.1. The van der Waals surface area contributed by atoms with E-state index in [4.69, 9.17) is 21.1 Å². The molecule has 1 aliphatic carbocycles. The molecular weight excluding hydrogens is 438 g/mol. The smallest absolute Gasteiger partial charge is 0.337 e. The lowest BCUT2D eigenvalue weighted by Crippen LogP contribution is -2.39. The van der Waals surface area contributed by atoms with Gasteiger partial charge >= 0.3 is 5.97 Å². The van der Waals surface area contributed by atoms with Crippen molar-refractivity contribution in [3.63, 3.8) is 0 Å². The van der Waals surface area contributed by atoms with Crippen LogP contribution in [0.5, 0.6) is 5.75 Å². The van der Waals surface area contributed by atoms with E-state index in [9.17, 15) is 9.59 Å². The number of aryl methyl sites for hydroxylation is 2. The molecule has 5 nitrogen and oxygen atoms in total.